The molecule has 1 aliphatic rings. The highest BCUT2D eigenvalue weighted by molar-refractivity contribution is 5.09. The van der Waals surface area contributed by atoms with Crippen molar-refractivity contribution in [1.82, 2.24) is 10.3 Å². The SMILES string of the molecule is OC1CCCCC1CNCCc1ccncc1. The second kappa shape index (κ2) is 6.72. The Balaban J connectivity index is 1.63. The average molecular weight is 234 g/mol. The molecule has 1 fully saturated rings. The van der Waals surface area contributed by atoms with Gasteiger partial charge in [-0.25, -0.2) is 0 Å². The van der Waals surface area contributed by atoms with E-state index >= 15 is 0 Å². The quantitative estimate of drug-likeness (QED) is 0.763. The molecule has 0 bridgehead atoms. The lowest BCUT2D eigenvalue weighted by molar-refractivity contribution is 0.0698. The van der Waals surface area contributed by atoms with Crippen LogP contribution in [-0.4, -0.2) is 29.3 Å². The van der Waals surface area contributed by atoms with Gasteiger partial charge in [0.25, 0.3) is 0 Å². The van der Waals surface area contributed by atoms with Gasteiger partial charge in [0.2, 0.25) is 0 Å². The standard InChI is InChI=1S/C14H22N2O/c17-14-4-2-1-3-13(14)11-16-10-7-12-5-8-15-9-6-12/h5-6,8-9,13-14,16-17H,1-4,7,10-11H2. The normalized spacial score (nSPS) is 24.8. The Bertz CT molecular complexity index is 315. The molecular formula is C14H22N2O. The summed E-state index contributed by atoms with van der Waals surface area (Å²) >= 11 is 0. The van der Waals surface area contributed by atoms with E-state index in [1.54, 1.807) is 0 Å². The Morgan fingerprint density at radius 1 is 1.24 bits per heavy atom. The van der Waals surface area contributed by atoms with E-state index in [9.17, 15) is 5.11 Å². The van der Waals surface area contributed by atoms with Gasteiger partial charge in [0.15, 0.2) is 0 Å². The minimum Gasteiger partial charge on any atom is -0.393 e. The van der Waals surface area contributed by atoms with Crippen LogP contribution in [0.3, 0.4) is 0 Å². The summed E-state index contributed by atoms with van der Waals surface area (Å²) in [4.78, 5) is 4.00. The molecule has 17 heavy (non-hydrogen) atoms. The number of nitrogens with one attached hydrogen (secondary N) is 1. The van der Waals surface area contributed by atoms with Crippen molar-refractivity contribution >= 4 is 0 Å². The van der Waals surface area contributed by atoms with E-state index in [0.717, 1.165) is 25.9 Å². The van der Waals surface area contributed by atoms with Crippen LogP contribution in [-0.2, 0) is 6.42 Å². The number of pyridine rings is 1. The molecule has 1 aromatic rings. The molecule has 0 spiro atoms. The van der Waals surface area contributed by atoms with Crippen molar-refractivity contribution in [3.63, 3.8) is 0 Å². The van der Waals surface area contributed by atoms with E-state index in [2.05, 4.69) is 22.4 Å². The van der Waals surface area contributed by atoms with Gasteiger partial charge in [-0.05, 0) is 49.4 Å². The Morgan fingerprint density at radius 2 is 2.00 bits per heavy atom. The number of rotatable bonds is 5. The summed E-state index contributed by atoms with van der Waals surface area (Å²) in [5.41, 5.74) is 1.32. The van der Waals surface area contributed by atoms with Crippen LogP contribution in [0.2, 0.25) is 0 Å². The van der Waals surface area contributed by atoms with Gasteiger partial charge in [0.1, 0.15) is 0 Å². The first-order chi connectivity index (χ1) is 8.36. The minimum absolute atomic E-state index is 0.0859. The fraction of sp³-hybridized carbons (Fsp3) is 0.643. The maximum absolute atomic E-state index is 9.84. The largest absolute Gasteiger partial charge is 0.393 e. The molecule has 0 aromatic carbocycles. The maximum Gasteiger partial charge on any atom is 0.0580 e. The number of hydrogen-bond donors (Lipinski definition) is 2. The van der Waals surface area contributed by atoms with Crippen molar-refractivity contribution in [3.05, 3.63) is 30.1 Å². The monoisotopic (exact) mass is 234 g/mol. The molecule has 0 aliphatic heterocycles. The van der Waals surface area contributed by atoms with Gasteiger partial charge in [0, 0.05) is 18.9 Å². The van der Waals surface area contributed by atoms with Gasteiger partial charge in [-0.3, -0.25) is 4.98 Å². The highest BCUT2D eigenvalue weighted by Gasteiger charge is 2.22. The first-order valence-corrected chi connectivity index (χ1v) is 6.64. The minimum atomic E-state index is -0.0859. The van der Waals surface area contributed by atoms with Crippen LogP contribution in [0.4, 0.5) is 0 Å². The summed E-state index contributed by atoms with van der Waals surface area (Å²) < 4.78 is 0. The molecule has 2 atom stereocenters. The van der Waals surface area contributed by atoms with Crippen molar-refractivity contribution < 1.29 is 5.11 Å². The number of nitrogens with zero attached hydrogens (tertiary/aromatic N) is 1. The molecule has 2 unspecified atom stereocenters. The van der Waals surface area contributed by atoms with Crippen LogP contribution >= 0.6 is 0 Å². The summed E-state index contributed by atoms with van der Waals surface area (Å²) in [5.74, 6) is 0.459. The van der Waals surface area contributed by atoms with Gasteiger partial charge >= 0.3 is 0 Å². The lowest BCUT2D eigenvalue weighted by Crippen LogP contribution is -2.34. The van der Waals surface area contributed by atoms with Crippen molar-refractivity contribution in [3.8, 4) is 0 Å². The van der Waals surface area contributed by atoms with Crippen molar-refractivity contribution in [2.24, 2.45) is 5.92 Å². The van der Waals surface area contributed by atoms with E-state index in [4.69, 9.17) is 0 Å². The zero-order chi connectivity index (χ0) is 11.9. The Morgan fingerprint density at radius 3 is 2.76 bits per heavy atom. The van der Waals surface area contributed by atoms with Crippen LogP contribution < -0.4 is 5.32 Å². The lowest BCUT2D eigenvalue weighted by atomic mass is 9.86. The van der Waals surface area contributed by atoms with E-state index < -0.39 is 0 Å². The van der Waals surface area contributed by atoms with Crippen molar-refractivity contribution in [2.45, 2.75) is 38.2 Å². The van der Waals surface area contributed by atoms with Crippen LogP contribution in [0, 0.1) is 5.92 Å². The number of aromatic nitrogens is 1. The fourth-order valence-corrected chi connectivity index (χ4v) is 2.50. The Hall–Kier alpha value is -0.930. The van der Waals surface area contributed by atoms with Crippen molar-refractivity contribution in [1.29, 1.82) is 0 Å². The summed E-state index contributed by atoms with van der Waals surface area (Å²) in [6.45, 7) is 1.93. The van der Waals surface area contributed by atoms with Crippen molar-refractivity contribution in [2.75, 3.05) is 13.1 Å². The molecule has 3 nitrogen and oxygen atoms in total. The van der Waals surface area contributed by atoms with E-state index in [1.165, 1.54) is 24.8 Å². The third kappa shape index (κ3) is 4.10. The maximum atomic E-state index is 9.84. The van der Waals surface area contributed by atoms with E-state index in [-0.39, 0.29) is 6.10 Å². The second-order valence-corrected chi connectivity index (χ2v) is 4.92. The lowest BCUT2D eigenvalue weighted by Gasteiger charge is -2.27. The molecule has 0 saturated heterocycles. The fourth-order valence-electron chi connectivity index (χ4n) is 2.50. The first-order valence-electron chi connectivity index (χ1n) is 6.64. The molecule has 2 N–H and O–H groups in total. The predicted octanol–water partition coefficient (Wildman–Crippen LogP) is 1.76. The molecule has 1 aromatic heterocycles. The van der Waals surface area contributed by atoms with Crippen LogP contribution in [0.1, 0.15) is 31.2 Å². The number of aliphatic hydroxyl groups excluding tert-OH is 1. The third-order valence-corrected chi connectivity index (χ3v) is 3.62. The first kappa shape index (κ1) is 12.5. The molecule has 1 heterocycles. The molecule has 1 saturated carbocycles. The second-order valence-electron chi connectivity index (χ2n) is 4.92. The number of aliphatic hydroxyl groups is 1. The molecular weight excluding hydrogens is 212 g/mol. The van der Waals surface area contributed by atoms with Gasteiger partial charge in [0.05, 0.1) is 6.10 Å². The molecule has 0 radical (unpaired) electrons. The summed E-state index contributed by atoms with van der Waals surface area (Å²) in [6, 6.07) is 4.11. The topological polar surface area (TPSA) is 45.1 Å². The zero-order valence-corrected chi connectivity index (χ0v) is 10.3. The van der Waals surface area contributed by atoms with Crippen LogP contribution in [0.15, 0.2) is 24.5 Å². The van der Waals surface area contributed by atoms with Gasteiger partial charge in [-0.15, -0.1) is 0 Å². The smallest absolute Gasteiger partial charge is 0.0580 e. The summed E-state index contributed by atoms with van der Waals surface area (Å²) in [6.07, 6.45) is 9.23. The molecule has 3 heteroatoms. The van der Waals surface area contributed by atoms with Gasteiger partial charge in [-0.1, -0.05) is 12.8 Å². The highest BCUT2D eigenvalue weighted by atomic mass is 16.3. The van der Waals surface area contributed by atoms with E-state index in [1.807, 2.05) is 12.4 Å². The predicted molar refractivity (Wildman–Crippen MR) is 68.8 cm³/mol. The van der Waals surface area contributed by atoms with Crippen LogP contribution in [0.25, 0.3) is 0 Å². The molecule has 1 aliphatic carbocycles. The molecule has 94 valence electrons. The van der Waals surface area contributed by atoms with Gasteiger partial charge in [-0.2, -0.15) is 0 Å². The number of hydrogen-bond acceptors (Lipinski definition) is 3. The summed E-state index contributed by atoms with van der Waals surface area (Å²) in [7, 11) is 0. The third-order valence-electron chi connectivity index (χ3n) is 3.62. The zero-order valence-electron chi connectivity index (χ0n) is 10.3. The molecule has 2 rings (SSSR count). The van der Waals surface area contributed by atoms with Crippen LogP contribution in [0.5, 0.6) is 0 Å². The Labute approximate surface area is 103 Å². The van der Waals surface area contributed by atoms with E-state index in [0.29, 0.717) is 5.92 Å². The average Bonchev–Trinajstić information content (AvgIpc) is 2.38. The Kier molecular flexibility index (Phi) is 4.95. The molecule has 0 amide bonds. The highest BCUT2D eigenvalue weighted by Crippen LogP contribution is 2.23. The van der Waals surface area contributed by atoms with Gasteiger partial charge < -0.3 is 10.4 Å². The summed E-state index contributed by atoms with van der Waals surface area (Å²) in [5, 5.41) is 13.3.